The summed E-state index contributed by atoms with van der Waals surface area (Å²) in [5, 5.41) is 0. The molecule has 3 atom stereocenters. The summed E-state index contributed by atoms with van der Waals surface area (Å²) < 4.78 is 12.6. The van der Waals surface area contributed by atoms with Gasteiger partial charge in [0.2, 0.25) is 0 Å². The van der Waals surface area contributed by atoms with E-state index in [2.05, 4.69) is 55.6 Å². The lowest BCUT2D eigenvalue weighted by atomic mass is 9.94. The molecular weight excluding hydrogens is 566 g/mol. The number of benzene rings is 3. The number of esters is 2. The molecule has 0 N–H and O–H groups in total. The zero-order chi connectivity index (χ0) is 27.2. The van der Waals surface area contributed by atoms with E-state index in [-0.39, 0.29) is 41.6 Å². The van der Waals surface area contributed by atoms with Crippen LogP contribution in [0.3, 0.4) is 0 Å². The monoisotopic (exact) mass is 605 g/mol. The SMILES string of the molecule is CCCC(=O)OCC(C(=O)OC1CC2CCC(C1)[N+]2(C)Cc1ccc(-c2ccccc2)cc1)c1ccccc1.[Br-]. The Hall–Kier alpha value is -2.96. The Morgan fingerprint density at radius 3 is 2.02 bits per heavy atom. The molecule has 2 saturated heterocycles. The Balaban J connectivity index is 0.00000370. The molecule has 2 fully saturated rings. The van der Waals surface area contributed by atoms with Crippen molar-refractivity contribution in [3.63, 3.8) is 0 Å². The predicted octanol–water partition coefficient (Wildman–Crippen LogP) is 3.67. The minimum Gasteiger partial charge on any atom is -1.00 e. The van der Waals surface area contributed by atoms with Gasteiger partial charge in [0.25, 0.3) is 0 Å². The summed E-state index contributed by atoms with van der Waals surface area (Å²) in [7, 11) is 2.38. The van der Waals surface area contributed by atoms with Gasteiger partial charge < -0.3 is 30.9 Å². The van der Waals surface area contributed by atoms with Crippen molar-refractivity contribution in [2.75, 3.05) is 13.7 Å². The van der Waals surface area contributed by atoms with Gasteiger partial charge in [-0.1, -0.05) is 91.9 Å². The van der Waals surface area contributed by atoms with Gasteiger partial charge in [-0.3, -0.25) is 9.59 Å². The van der Waals surface area contributed by atoms with Crippen molar-refractivity contribution in [3.8, 4) is 11.1 Å². The molecule has 2 heterocycles. The summed E-state index contributed by atoms with van der Waals surface area (Å²) >= 11 is 0. The molecule has 0 aromatic heterocycles. The number of fused-ring (bicyclic) bond motifs is 2. The number of carbonyl (C=O) groups is 2. The van der Waals surface area contributed by atoms with Crippen molar-refractivity contribution >= 4 is 11.9 Å². The van der Waals surface area contributed by atoms with Crippen LogP contribution in [-0.4, -0.2) is 48.3 Å². The summed E-state index contributed by atoms with van der Waals surface area (Å²) in [6.45, 7) is 2.95. The van der Waals surface area contributed by atoms with Crippen molar-refractivity contribution in [2.45, 2.75) is 76.1 Å². The maximum Gasteiger partial charge on any atom is 0.317 e. The topological polar surface area (TPSA) is 52.6 Å². The second-order valence-electron chi connectivity index (χ2n) is 11.4. The minimum absolute atomic E-state index is 0. The smallest absolute Gasteiger partial charge is 0.317 e. The fraction of sp³-hybridized carbons (Fsp3) is 0.412. The molecule has 40 heavy (non-hydrogen) atoms. The number of hydrogen-bond acceptors (Lipinski definition) is 4. The van der Waals surface area contributed by atoms with Crippen molar-refractivity contribution in [3.05, 3.63) is 96.1 Å². The normalized spacial score (nSPS) is 24.0. The number of rotatable bonds is 10. The maximum absolute atomic E-state index is 13.4. The van der Waals surface area contributed by atoms with E-state index in [1.165, 1.54) is 16.7 Å². The van der Waals surface area contributed by atoms with Crippen LogP contribution in [0.15, 0.2) is 84.9 Å². The van der Waals surface area contributed by atoms with Gasteiger partial charge in [-0.25, -0.2) is 0 Å². The zero-order valence-corrected chi connectivity index (χ0v) is 25.1. The molecule has 2 bridgehead atoms. The van der Waals surface area contributed by atoms with Crippen LogP contribution in [0.5, 0.6) is 0 Å². The van der Waals surface area contributed by atoms with E-state index in [4.69, 9.17) is 9.47 Å². The molecule has 3 aromatic carbocycles. The fourth-order valence-corrected chi connectivity index (χ4v) is 6.56. The molecule has 6 heteroatoms. The lowest BCUT2D eigenvalue weighted by molar-refractivity contribution is -0.961. The first-order valence-corrected chi connectivity index (χ1v) is 14.4. The van der Waals surface area contributed by atoms with Gasteiger partial charge in [0.1, 0.15) is 25.2 Å². The first-order valence-electron chi connectivity index (χ1n) is 14.4. The van der Waals surface area contributed by atoms with Crippen LogP contribution in [-0.2, 0) is 25.6 Å². The highest BCUT2D eigenvalue weighted by Crippen LogP contribution is 2.44. The lowest BCUT2D eigenvalue weighted by Crippen LogP contribution is -3.00. The van der Waals surface area contributed by atoms with Gasteiger partial charge in [0.05, 0.1) is 19.1 Å². The van der Waals surface area contributed by atoms with Crippen molar-refractivity contribution in [1.29, 1.82) is 0 Å². The summed E-state index contributed by atoms with van der Waals surface area (Å²) in [5.74, 6) is -1.16. The Kier molecular flexibility index (Phi) is 10.2. The molecular formula is C34H40BrNO4. The molecule has 5 rings (SSSR count). The summed E-state index contributed by atoms with van der Waals surface area (Å²) in [5.41, 5.74) is 4.65. The van der Waals surface area contributed by atoms with Crippen LogP contribution in [0.4, 0.5) is 0 Å². The molecule has 2 aliphatic heterocycles. The lowest BCUT2D eigenvalue weighted by Gasteiger charge is -2.47. The maximum atomic E-state index is 13.4. The van der Waals surface area contributed by atoms with E-state index < -0.39 is 5.92 Å². The molecule has 5 nitrogen and oxygen atoms in total. The fourth-order valence-electron chi connectivity index (χ4n) is 6.56. The number of halogens is 1. The number of hydrogen-bond donors (Lipinski definition) is 0. The third kappa shape index (κ3) is 6.84. The van der Waals surface area contributed by atoms with Gasteiger partial charge >= 0.3 is 11.9 Å². The molecule has 0 spiro atoms. The number of carbonyl (C=O) groups excluding carboxylic acids is 2. The molecule has 3 unspecified atom stereocenters. The molecule has 0 aliphatic carbocycles. The van der Waals surface area contributed by atoms with Crippen LogP contribution in [0.1, 0.15) is 62.5 Å². The van der Waals surface area contributed by atoms with Crippen LogP contribution in [0, 0.1) is 0 Å². The van der Waals surface area contributed by atoms with E-state index in [0.717, 1.165) is 48.7 Å². The van der Waals surface area contributed by atoms with E-state index in [1.807, 2.05) is 43.3 Å². The van der Waals surface area contributed by atoms with E-state index >= 15 is 0 Å². The average molecular weight is 607 g/mol. The van der Waals surface area contributed by atoms with Crippen molar-refractivity contribution in [2.24, 2.45) is 0 Å². The summed E-state index contributed by atoms with van der Waals surface area (Å²) in [6, 6.07) is 29.9. The van der Waals surface area contributed by atoms with Gasteiger partial charge in [0.15, 0.2) is 0 Å². The Labute approximate surface area is 248 Å². The highest BCUT2D eigenvalue weighted by Gasteiger charge is 2.52. The zero-order valence-electron chi connectivity index (χ0n) is 23.5. The van der Waals surface area contributed by atoms with Gasteiger partial charge in [-0.2, -0.15) is 0 Å². The Bertz CT molecular complexity index is 1230. The molecule has 3 aromatic rings. The molecule has 2 aliphatic rings. The van der Waals surface area contributed by atoms with Gasteiger partial charge in [0, 0.05) is 37.7 Å². The van der Waals surface area contributed by atoms with Gasteiger partial charge in [-0.05, 0) is 23.1 Å². The molecule has 0 radical (unpaired) electrons. The average Bonchev–Trinajstić information content (AvgIpc) is 3.10. The van der Waals surface area contributed by atoms with Crippen molar-refractivity contribution in [1.82, 2.24) is 0 Å². The van der Waals surface area contributed by atoms with Crippen LogP contribution >= 0.6 is 0 Å². The second kappa shape index (κ2) is 13.6. The van der Waals surface area contributed by atoms with Crippen LogP contribution in [0.2, 0.25) is 0 Å². The minimum atomic E-state index is -0.601. The van der Waals surface area contributed by atoms with Gasteiger partial charge in [-0.15, -0.1) is 0 Å². The van der Waals surface area contributed by atoms with E-state index in [1.54, 1.807) is 0 Å². The predicted molar refractivity (Wildman–Crippen MR) is 153 cm³/mol. The number of ether oxygens (including phenoxy) is 2. The quantitative estimate of drug-likeness (QED) is 0.261. The van der Waals surface area contributed by atoms with Crippen LogP contribution < -0.4 is 17.0 Å². The number of piperidine rings is 1. The third-order valence-corrected chi connectivity index (χ3v) is 8.79. The largest absolute Gasteiger partial charge is 1.00 e. The number of quaternary nitrogens is 1. The summed E-state index contributed by atoms with van der Waals surface area (Å²) in [6.07, 6.45) is 5.05. The van der Waals surface area contributed by atoms with Crippen LogP contribution in [0.25, 0.3) is 11.1 Å². The highest BCUT2D eigenvalue weighted by atomic mass is 79.9. The number of nitrogens with zero attached hydrogens (tertiary/aromatic N) is 1. The molecule has 0 saturated carbocycles. The van der Waals surface area contributed by atoms with E-state index in [9.17, 15) is 9.59 Å². The molecule has 212 valence electrons. The third-order valence-electron chi connectivity index (χ3n) is 8.79. The van der Waals surface area contributed by atoms with Crippen molar-refractivity contribution < 1.29 is 40.5 Å². The van der Waals surface area contributed by atoms with E-state index in [0.29, 0.717) is 18.5 Å². The molecule has 0 amide bonds. The first kappa shape index (κ1) is 30.0. The Morgan fingerprint density at radius 1 is 0.850 bits per heavy atom. The second-order valence-corrected chi connectivity index (χ2v) is 11.4. The standard InChI is InChI=1S/C34H40NO4.BrH/c1-3-10-33(36)38-24-32(28-13-8-5-9-14-28)34(37)39-31-21-29-19-20-30(22-31)35(29,2)23-25-15-17-27(18-16-25)26-11-6-4-7-12-26;/h4-9,11-18,29-32H,3,10,19-24H2,1-2H3;1H/q+1;/p-1. The first-order chi connectivity index (χ1) is 19.0. The summed E-state index contributed by atoms with van der Waals surface area (Å²) in [4.78, 5) is 25.4. The Morgan fingerprint density at radius 2 is 1.43 bits per heavy atom. The highest BCUT2D eigenvalue weighted by molar-refractivity contribution is 5.79.